The standard InChI is InChI=1S/C29H36N8O/c1-18-31-22-5-3-4-6-23(22)37(18)28-33-26-25(27(34-28)36-7-9-38-10-8-36)32-24(35(26)2)17-30-29-14-19-11-20(15-29)13-21(12-19)16-29/h3-6,19-21,30H,7-17H2,1-2H3. The first-order valence-electron chi connectivity index (χ1n) is 14.3. The summed E-state index contributed by atoms with van der Waals surface area (Å²) in [4.78, 5) is 22.5. The average Bonchev–Trinajstić information content (AvgIpc) is 3.42. The van der Waals surface area contributed by atoms with E-state index in [0.717, 1.165) is 77.1 Å². The molecule has 4 saturated carbocycles. The quantitative estimate of drug-likeness (QED) is 0.434. The van der Waals surface area contributed by atoms with Gasteiger partial charge in [0.1, 0.15) is 11.6 Å². The molecule has 9 nitrogen and oxygen atoms in total. The molecule has 5 aliphatic rings. The number of nitrogens with one attached hydrogen (secondary N) is 1. The fourth-order valence-corrected chi connectivity index (χ4v) is 8.33. The van der Waals surface area contributed by atoms with Crippen molar-refractivity contribution >= 4 is 28.0 Å². The molecule has 0 radical (unpaired) electrons. The number of hydrogen-bond acceptors (Lipinski definition) is 7. The van der Waals surface area contributed by atoms with Crippen LogP contribution in [0.15, 0.2) is 24.3 Å². The summed E-state index contributed by atoms with van der Waals surface area (Å²) >= 11 is 0. The first kappa shape index (κ1) is 22.9. The molecule has 0 unspecified atom stereocenters. The summed E-state index contributed by atoms with van der Waals surface area (Å²) in [6, 6.07) is 8.19. The summed E-state index contributed by atoms with van der Waals surface area (Å²) in [5.74, 6) is 6.21. The summed E-state index contributed by atoms with van der Waals surface area (Å²) in [5, 5.41) is 4.04. The number of morpholine rings is 1. The molecule has 1 aliphatic heterocycles. The van der Waals surface area contributed by atoms with Crippen LogP contribution >= 0.6 is 0 Å². The number of para-hydroxylation sites is 2. The maximum absolute atomic E-state index is 5.66. The molecule has 4 aliphatic carbocycles. The summed E-state index contributed by atoms with van der Waals surface area (Å²) in [6.07, 6.45) is 8.36. The lowest BCUT2D eigenvalue weighted by Crippen LogP contribution is -2.58. The molecule has 3 aromatic heterocycles. The molecule has 5 fully saturated rings. The van der Waals surface area contributed by atoms with Gasteiger partial charge in [0.15, 0.2) is 17.0 Å². The molecule has 38 heavy (non-hydrogen) atoms. The van der Waals surface area contributed by atoms with Crippen molar-refractivity contribution in [2.24, 2.45) is 24.8 Å². The van der Waals surface area contributed by atoms with Crippen LogP contribution in [-0.4, -0.2) is 60.9 Å². The number of nitrogens with zero attached hydrogens (tertiary/aromatic N) is 7. The Morgan fingerprint density at radius 3 is 2.39 bits per heavy atom. The van der Waals surface area contributed by atoms with Crippen molar-refractivity contribution in [3.63, 3.8) is 0 Å². The van der Waals surface area contributed by atoms with E-state index in [2.05, 4.69) is 32.5 Å². The van der Waals surface area contributed by atoms with E-state index in [4.69, 9.17) is 24.7 Å². The van der Waals surface area contributed by atoms with Gasteiger partial charge in [0, 0.05) is 25.7 Å². The van der Waals surface area contributed by atoms with Crippen molar-refractivity contribution in [3.8, 4) is 5.95 Å². The Bertz CT molecular complexity index is 1500. The molecular formula is C29H36N8O. The van der Waals surface area contributed by atoms with Crippen molar-refractivity contribution in [3.05, 3.63) is 35.9 Å². The monoisotopic (exact) mass is 512 g/mol. The third-order valence-corrected chi connectivity index (χ3v) is 9.68. The Labute approximate surface area is 222 Å². The maximum atomic E-state index is 5.66. The van der Waals surface area contributed by atoms with Crippen LogP contribution in [0.5, 0.6) is 0 Å². The Balaban J connectivity index is 1.21. The smallest absolute Gasteiger partial charge is 0.239 e. The normalized spacial score (nSPS) is 28.7. The molecule has 1 aromatic carbocycles. The van der Waals surface area contributed by atoms with E-state index < -0.39 is 0 Å². The highest BCUT2D eigenvalue weighted by Crippen LogP contribution is 2.55. The van der Waals surface area contributed by atoms with E-state index in [1.54, 1.807) is 0 Å². The van der Waals surface area contributed by atoms with Gasteiger partial charge in [0.25, 0.3) is 0 Å². The van der Waals surface area contributed by atoms with Crippen LogP contribution in [0.1, 0.15) is 50.2 Å². The number of ether oxygens (including phenoxy) is 1. The van der Waals surface area contributed by atoms with E-state index >= 15 is 0 Å². The molecule has 9 heteroatoms. The molecule has 1 N–H and O–H groups in total. The van der Waals surface area contributed by atoms with Crippen LogP contribution < -0.4 is 10.2 Å². The molecule has 9 rings (SSSR count). The van der Waals surface area contributed by atoms with E-state index in [-0.39, 0.29) is 0 Å². The van der Waals surface area contributed by atoms with Crippen molar-refractivity contribution < 1.29 is 4.74 Å². The van der Waals surface area contributed by atoms with Gasteiger partial charge in [-0.25, -0.2) is 9.97 Å². The van der Waals surface area contributed by atoms with Crippen molar-refractivity contribution in [2.45, 2.75) is 57.5 Å². The lowest BCUT2D eigenvalue weighted by atomic mass is 9.53. The average molecular weight is 513 g/mol. The van der Waals surface area contributed by atoms with Gasteiger partial charge in [-0.15, -0.1) is 0 Å². The maximum Gasteiger partial charge on any atom is 0.239 e. The molecule has 4 heterocycles. The highest BCUT2D eigenvalue weighted by molar-refractivity contribution is 5.86. The fraction of sp³-hybridized carbons (Fsp3) is 0.586. The minimum absolute atomic E-state index is 0.295. The number of aromatic nitrogens is 6. The van der Waals surface area contributed by atoms with E-state index in [9.17, 15) is 0 Å². The first-order chi connectivity index (χ1) is 18.6. The van der Waals surface area contributed by atoms with E-state index in [1.165, 1.54) is 38.5 Å². The summed E-state index contributed by atoms with van der Waals surface area (Å²) in [7, 11) is 2.10. The second-order valence-corrected chi connectivity index (χ2v) is 12.2. The van der Waals surface area contributed by atoms with Crippen molar-refractivity contribution in [2.75, 3.05) is 31.2 Å². The Morgan fingerprint density at radius 2 is 1.66 bits per heavy atom. The Kier molecular flexibility index (Phi) is 5.11. The van der Waals surface area contributed by atoms with Gasteiger partial charge in [-0.1, -0.05) is 12.1 Å². The molecule has 1 saturated heterocycles. The lowest BCUT2D eigenvalue weighted by molar-refractivity contribution is -0.0209. The molecular weight excluding hydrogens is 476 g/mol. The number of benzene rings is 1. The summed E-state index contributed by atoms with van der Waals surface area (Å²) in [6.45, 7) is 5.78. The van der Waals surface area contributed by atoms with E-state index in [1.807, 2.05) is 25.1 Å². The number of imidazole rings is 2. The second-order valence-electron chi connectivity index (χ2n) is 12.2. The zero-order valence-electron chi connectivity index (χ0n) is 22.4. The molecule has 198 valence electrons. The Morgan fingerprint density at radius 1 is 0.947 bits per heavy atom. The van der Waals surface area contributed by atoms with Gasteiger partial charge in [-0.05, 0) is 75.3 Å². The summed E-state index contributed by atoms with van der Waals surface area (Å²) < 4.78 is 9.90. The molecule has 4 aromatic rings. The highest BCUT2D eigenvalue weighted by atomic mass is 16.5. The second kappa shape index (κ2) is 8.48. The number of aryl methyl sites for hydroxylation is 2. The van der Waals surface area contributed by atoms with Crippen LogP contribution in [0.25, 0.3) is 28.1 Å². The number of fused-ring (bicyclic) bond motifs is 2. The lowest BCUT2D eigenvalue weighted by Gasteiger charge is -2.57. The highest BCUT2D eigenvalue weighted by Gasteiger charge is 2.50. The first-order valence-corrected chi connectivity index (χ1v) is 14.3. The van der Waals surface area contributed by atoms with E-state index in [0.29, 0.717) is 24.7 Å². The zero-order valence-corrected chi connectivity index (χ0v) is 22.4. The topological polar surface area (TPSA) is 85.9 Å². The van der Waals surface area contributed by atoms with Gasteiger partial charge in [-0.3, -0.25) is 4.57 Å². The molecule has 4 bridgehead atoms. The number of hydrogen-bond donors (Lipinski definition) is 1. The van der Waals surface area contributed by atoms with Gasteiger partial charge in [0.05, 0.1) is 30.8 Å². The predicted octanol–water partition coefficient (Wildman–Crippen LogP) is 3.91. The van der Waals surface area contributed by atoms with Crippen LogP contribution in [-0.2, 0) is 18.3 Å². The van der Waals surface area contributed by atoms with Crippen LogP contribution in [0, 0.1) is 24.7 Å². The molecule has 0 spiro atoms. The molecule has 0 atom stereocenters. The largest absolute Gasteiger partial charge is 0.378 e. The van der Waals surface area contributed by atoms with Gasteiger partial charge in [-0.2, -0.15) is 9.97 Å². The van der Waals surface area contributed by atoms with Gasteiger partial charge < -0.3 is 19.5 Å². The fourth-order valence-electron chi connectivity index (χ4n) is 8.33. The van der Waals surface area contributed by atoms with Gasteiger partial charge >= 0.3 is 0 Å². The minimum atomic E-state index is 0.295. The third-order valence-electron chi connectivity index (χ3n) is 9.68. The van der Waals surface area contributed by atoms with Gasteiger partial charge in [0.2, 0.25) is 5.95 Å². The number of anilines is 1. The van der Waals surface area contributed by atoms with Crippen LogP contribution in [0.2, 0.25) is 0 Å². The SMILES string of the molecule is Cc1nc2ccccc2n1-c1nc(N2CCOCC2)c2nc(CNC34CC5CC(CC(C5)C3)C4)n(C)c2n1. The summed E-state index contributed by atoms with van der Waals surface area (Å²) in [5.41, 5.74) is 4.01. The Hall–Kier alpha value is -3.04. The molecule has 0 amide bonds. The third kappa shape index (κ3) is 3.58. The number of rotatable bonds is 5. The van der Waals surface area contributed by atoms with Crippen molar-refractivity contribution in [1.29, 1.82) is 0 Å². The zero-order chi connectivity index (χ0) is 25.4. The van der Waals surface area contributed by atoms with Crippen LogP contribution in [0.3, 0.4) is 0 Å². The minimum Gasteiger partial charge on any atom is -0.378 e. The predicted molar refractivity (Wildman–Crippen MR) is 146 cm³/mol. The van der Waals surface area contributed by atoms with Crippen LogP contribution in [0.4, 0.5) is 5.82 Å². The van der Waals surface area contributed by atoms with Crippen molar-refractivity contribution in [1.82, 2.24) is 34.4 Å².